The molecule has 0 saturated carbocycles. The Morgan fingerprint density at radius 1 is 1.27 bits per heavy atom. The molecule has 1 N–H and O–H groups in total. The lowest BCUT2D eigenvalue weighted by atomic mass is 9.96. The number of benzene rings is 1. The molecule has 2 aliphatic rings. The molecule has 0 bridgehead atoms. The minimum Gasteiger partial charge on any atom is -0.478 e. The highest BCUT2D eigenvalue weighted by Gasteiger charge is 2.37. The third kappa shape index (κ3) is 3.16. The lowest BCUT2D eigenvalue weighted by Gasteiger charge is -2.33. The Hall–Kier alpha value is -1.44. The van der Waals surface area contributed by atoms with Crippen LogP contribution in [0.3, 0.4) is 0 Å². The number of sulfonamides is 1. The minimum atomic E-state index is -3.38. The van der Waals surface area contributed by atoms with Gasteiger partial charge >= 0.3 is 5.97 Å². The second kappa shape index (κ2) is 5.98. The second-order valence-corrected chi connectivity index (χ2v) is 7.83. The Morgan fingerprint density at radius 2 is 2.00 bits per heavy atom. The minimum absolute atomic E-state index is 0.0921. The highest BCUT2D eigenvalue weighted by molar-refractivity contribution is 7.88. The van der Waals surface area contributed by atoms with Gasteiger partial charge < -0.3 is 9.84 Å². The molecule has 2 aliphatic heterocycles. The number of aromatic carboxylic acids is 1. The van der Waals surface area contributed by atoms with Crippen LogP contribution in [0.4, 0.5) is 0 Å². The number of piperidine rings is 1. The van der Waals surface area contributed by atoms with Crippen LogP contribution < -0.4 is 0 Å². The van der Waals surface area contributed by atoms with Crippen LogP contribution in [0.1, 0.15) is 28.8 Å². The maximum absolute atomic E-state index is 12.5. The van der Waals surface area contributed by atoms with Crippen molar-refractivity contribution in [3.8, 4) is 0 Å². The summed E-state index contributed by atoms with van der Waals surface area (Å²) in [7, 11) is -3.38. The van der Waals surface area contributed by atoms with Crippen molar-refractivity contribution in [1.82, 2.24) is 4.31 Å². The molecule has 2 fully saturated rings. The number of fused-ring (bicyclic) bond motifs is 1. The molecule has 2 atom stereocenters. The molecule has 1 aromatic rings. The fourth-order valence-electron chi connectivity index (χ4n) is 3.14. The molecule has 1 aromatic carbocycles. The van der Waals surface area contributed by atoms with Crippen molar-refractivity contribution >= 4 is 16.0 Å². The van der Waals surface area contributed by atoms with Gasteiger partial charge in [0.25, 0.3) is 0 Å². The lowest BCUT2D eigenvalue weighted by molar-refractivity contribution is 0.0554. The van der Waals surface area contributed by atoms with E-state index in [-0.39, 0.29) is 17.4 Å². The quantitative estimate of drug-likeness (QED) is 0.903. The summed E-state index contributed by atoms with van der Waals surface area (Å²) in [5, 5.41) is 8.86. The Morgan fingerprint density at radius 3 is 2.68 bits per heavy atom. The number of nitrogens with zero attached hydrogens (tertiary/aromatic N) is 1. The van der Waals surface area contributed by atoms with Gasteiger partial charge in [-0.25, -0.2) is 17.5 Å². The highest BCUT2D eigenvalue weighted by Crippen LogP contribution is 2.30. The molecule has 22 heavy (non-hydrogen) atoms. The van der Waals surface area contributed by atoms with E-state index in [4.69, 9.17) is 9.84 Å². The summed E-state index contributed by atoms with van der Waals surface area (Å²) >= 11 is 0. The number of carbonyl (C=O) groups is 1. The number of ether oxygens (including phenoxy) is 1. The van der Waals surface area contributed by atoms with Crippen LogP contribution in [-0.4, -0.2) is 49.6 Å². The predicted octanol–water partition coefficient (Wildman–Crippen LogP) is 1.33. The first-order valence-corrected chi connectivity index (χ1v) is 8.98. The van der Waals surface area contributed by atoms with Gasteiger partial charge in [0.05, 0.1) is 17.4 Å². The fraction of sp³-hybridized carbons (Fsp3) is 0.533. The van der Waals surface area contributed by atoms with Gasteiger partial charge in [0.2, 0.25) is 10.0 Å². The van der Waals surface area contributed by atoms with Crippen molar-refractivity contribution in [2.24, 2.45) is 5.92 Å². The zero-order chi connectivity index (χ0) is 15.7. The fourth-order valence-corrected chi connectivity index (χ4v) is 4.74. The zero-order valence-corrected chi connectivity index (χ0v) is 13.0. The molecule has 6 nitrogen and oxygen atoms in total. The molecule has 0 unspecified atom stereocenters. The van der Waals surface area contributed by atoms with Crippen molar-refractivity contribution in [2.45, 2.75) is 24.7 Å². The molecular weight excluding hydrogens is 306 g/mol. The summed E-state index contributed by atoms with van der Waals surface area (Å²) in [6, 6.07) is 5.99. The number of carboxylic acids is 1. The molecule has 0 radical (unpaired) electrons. The molecule has 3 rings (SSSR count). The summed E-state index contributed by atoms with van der Waals surface area (Å²) in [6.45, 7) is 1.75. The van der Waals surface area contributed by atoms with E-state index in [0.29, 0.717) is 24.6 Å². The largest absolute Gasteiger partial charge is 0.478 e. The van der Waals surface area contributed by atoms with Gasteiger partial charge in [-0.15, -0.1) is 0 Å². The molecule has 7 heteroatoms. The van der Waals surface area contributed by atoms with Crippen LogP contribution >= 0.6 is 0 Å². The van der Waals surface area contributed by atoms with Crippen LogP contribution in [-0.2, 0) is 20.5 Å². The van der Waals surface area contributed by atoms with E-state index in [1.54, 1.807) is 16.4 Å². The first-order chi connectivity index (χ1) is 10.5. The van der Waals surface area contributed by atoms with Crippen LogP contribution in [0.5, 0.6) is 0 Å². The van der Waals surface area contributed by atoms with E-state index >= 15 is 0 Å². The third-order valence-corrected chi connectivity index (χ3v) is 6.21. The maximum atomic E-state index is 12.5. The summed E-state index contributed by atoms with van der Waals surface area (Å²) in [4.78, 5) is 10.8. The van der Waals surface area contributed by atoms with Gasteiger partial charge in [-0.1, -0.05) is 12.1 Å². The molecule has 120 valence electrons. The van der Waals surface area contributed by atoms with Crippen molar-refractivity contribution in [1.29, 1.82) is 0 Å². The average molecular weight is 325 g/mol. The Bertz CT molecular complexity index is 655. The number of hydrogen-bond acceptors (Lipinski definition) is 4. The van der Waals surface area contributed by atoms with E-state index < -0.39 is 16.0 Å². The maximum Gasteiger partial charge on any atom is 0.335 e. The van der Waals surface area contributed by atoms with Crippen LogP contribution in [0.15, 0.2) is 24.3 Å². The molecule has 0 spiro atoms. The van der Waals surface area contributed by atoms with Crippen molar-refractivity contribution in [3.63, 3.8) is 0 Å². The van der Waals surface area contributed by atoms with E-state index in [1.807, 2.05) is 0 Å². The second-order valence-electron chi connectivity index (χ2n) is 5.86. The summed E-state index contributed by atoms with van der Waals surface area (Å²) in [6.07, 6.45) is 1.88. The lowest BCUT2D eigenvalue weighted by Crippen LogP contribution is -2.44. The summed E-state index contributed by atoms with van der Waals surface area (Å²) in [5.41, 5.74) is 0.764. The number of carboxylic acid groups (broad SMARTS) is 1. The third-order valence-electron chi connectivity index (χ3n) is 4.39. The van der Waals surface area contributed by atoms with Gasteiger partial charge in [0, 0.05) is 25.6 Å². The summed E-state index contributed by atoms with van der Waals surface area (Å²) in [5.74, 6) is -0.805. The Kier molecular flexibility index (Phi) is 4.20. The smallest absolute Gasteiger partial charge is 0.335 e. The van der Waals surface area contributed by atoms with E-state index in [2.05, 4.69) is 0 Å². The number of rotatable bonds is 4. The molecule has 2 heterocycles. The molecule has 0 amide bonds. The van der Waals surface area contributed by atoms with Gasteiger partial charge in [0.1, 0.15) is 0 Å². The molecule has 0 aliphatic carbocycles. The normalized spacial score (nSPS) is 25.8. The topological polar surface area (TPSA) is 83.9 Å². The monoisotopic (exact) mass is 325 g/mol. The van der Waals surface area contributed by atoms with E-state index in [9.17, 15) is 13.2 Å². The van der Waals surface area contributed by atoms with Crippen molar-refractivity contribution < 1.29 is 23.1 Å². The van der Waals surface area contributed by atoms with Crippen LogP contribution in [0.25, 0.3) is 0 Å². The van der Waals surface area contributed by atoms with Gasteiger partial charge in [-0.3, -0.25) is 0 Å². The van der Waals surface area contributed by atoms with E-state index in [0.717, 1.165) is 19.4 Å². The Labute approximate surface area is 129 Å². The zero-order valence-electron chi connectivity index (χ0n) is 12.1. The van der Waals surface area contributed by atoms with E-state index in [1.165, 1.54) is 12.1 Å². The van der Waals surface area contributed by atoms with Crippen molar-refractivity contribution in [3.05, 3.63) is 35.4 Å². The highest BCUT2D eigenvalue weighted by atomic mass is 32.2. The van der Waals surface area contributed by atoms with Crippen LogP contribution in [0, 0.1) is 5.92 Å². The first kappa shape index (κ1) is 15.5. The van der Waals surface area contributed by atoms with Crippen LogP contribution in [0.2, 0.25) is 0 Å². The summed E-state index contributed by atoms with van der Waals surface area (Å²) < 4.78 is 32.2. The van der Waals surface area contributed by atoms with Crippen molar-refractivity contribution in [2.75, 3.05) is 19.7 Å². The predicted molar refractivity (Wildman–Crippen MR) is 80.1 cm³/mol. The first-order valence-electron chi connectivity index (χ1n) is 7.37. The molecule has 0 aromatic heterocycles. The standard InChI is InChI=1S/C15H19NO5S/c17-15(18)12-3-1-11(2-4-12)10-22(19,20)16-7-5-14-13(9-16)6-8-21-14/h1-4,13-14H,5-10H2,(H,17,18)/t13-,14+/m1/s1. The number of hydrogen-bond donors (Lipinski definition) is 1. The Balaban J connectivity index is 1.69. The molecule has 2 saturated heterocycles. The van der Waals surface area contributed by atoms with Gasteiger partial charge in [-0.05, 0) is 30.5 Å². The average Bonchev–Trinajstić information content (AvgIpc) is 2.94. The van der Waals surface area contributed by atoms with Gasteiger partial charge in [0.15, 0.2) is 0 Å². The van der Waals surface area contributed by atoms with Gasteiger partial charge in [-0.2, -0.15) is 0 Å². The molecular formula is C15H19NO5S. The SMILES string of the molecule is O=C(O)c1ccc(CS(=O)(=O)N2CC[C@@H]3OCC[C@@H]3C2)cc1.